The predicted molar refractivity (Wildman–Crippen MR) is 92.9 cm³/mol. The Labute approximate surface area is 152 Å². The van der Waals surface area contributed by atoms with Crippen molar-refractivity contribution in [2.24, 2.45) is 0 Å². The third kappa shape index (κ3) is 2.81. The minimum atomic E-state index is -1.37. The second-order valence-corrected chi connectivity index (χ2v) is 6.44. The summed E-state index contributed by atoms with van der Waals surface area (Å²) in [6, 6.07) is 9.20. The van der Waals surface area contributed by atoms with Crippen molar-refractivity contribution < 1.29 is 14.5 Å². The molecular formula is C16H11Cl2N3O4. The molecule has 1 N–H and O–H groups in total. The molecular weight excluding hydrogens is 369 g/mol. The number of hydrogen-bond acceptors (Lipinski definition) is 4. The highest BCUT2D eigenvalue weighted by atomic mass is 35.5. The smallest absolute Gasteiger partial charge is 0.319 e. The second-order valence-electron chi connectivity index (χ2n) is 5.60. The van der Waals surface area contributed by atoms with Gasteiger partial charge in [0.25, 0.3) is 11.6 Å². The molecule has 0 bridgehead atoms. The number of nitro benzene ring substituents is 1. The lowest BCUT2D eigenvalue weighted by Gasteiger charge is -2.22. The van der Waals surface area contributed by atoms with E-state index in [2.05, 4.69) is 5.32 Å². The topological polar surface area (TPSA) is 92.6 Å². The number of carbonyl (C=O) groups is 2. The van der Waals surface area contributed by atoms with E-state index >= 15 is 0 Å². The standard InChI is InChI=1S/C16H11Cl2N3O4/c1-16(9-2-5-11(6-3-9)21(24)25)14(22)20(15(23)19-16)13-7-4-10(17)8-12(13)18/h2-8H,1H3,(H,19,23). The van der Waals surface area contributed by atoms with E-state index in [-0.39, 0.29) is 16.4 Å². The monoisotopic (exact) mass is 379 g/mol. The number of urea groups is 1. The Kier molecular flexibility index (Phi) is 4.14. The molecule has 2 aromatic carbocycles. The average molecular weight is 380 g/mol. The van der Waals surface area contributed by atoms with Crippen molar-refractivity contribution in [3.05, 3.63) is 68.2 Å². The average Bonchev–Trinajstić information content (AvgIpc) is 2.79. The number of rotatable bonds is 3. The van der Waals surface area contributed by atoms with Crippen molar-refractivity contribution in [2.75, 3.05) is 4.90 Å². The van der Waals surface area contributed by atoms with Gasteiger partial charge in [0.05, 0.1) is 15.6 Å². The second kappa shape index (κ2) is 6.02. The van der Waals surface area contributed by atoms with Gasteiger partial charge in [-0.2, -0.15) is 0 Å². The van der Waals surface area contributed by atoms with Crippen molar-refractivity contribution in [1.29, 1.82) is 0 Å². The van der Waals surface area contributed by atoms with E-state index in [1.165, 1.54) is 49.4 Å². The van der Waals surface area contributed by atoms with E-state index in [4.69, 9.17) is 23.2 Å². The van der Waals surface area contributed by atoms with Crippen LogP contribution in [0.25, 0.3) is 0 Å². The van der Waals surface area contributed by atoms with Gasteiger partial charge in [0.1, 0.15) is 5.54 Å². The lowest BCUT2D eigenvalue weighted by Crippen LogP contribution is -2.40. The summed E-state index contributed by atoms with van der Waals surface area (Å²) in [7, 11) is 0. The number of nitrogens with zero attached hydrogens (tertiary/aromatic N) is 2. The highest BCUT2D eigenvalue weighted by Crippen LogP contribution is 2.36. The number of hydrogen-bond donors (Lipinski definition) is 1. The van der Waals surface area contributed by atoms with Crippen LogP contribution in [0.15, 0.2) is 42.5 Å². The zero-order valence-corrected chi connectivity index (χ0v) is 14.3. The molecule has 25 heavy (non-hydrogen) atoms. The first-order valence-corrected chi connectivity index (χ1v) is 7.86. The first-order valence-electron chi connectivity index (χ1n) is 7.11. The van der Waals surface area contributed by atoms with Gasteiger partial charge >= 0.3 is 6.03 Å². The predicted octanol–water partition coefficient (Wildman–Crippen LogP) is 3.87. The fraction of sp³-hybridized carbons (Fsp3) is 0.125. The number of anilines is 1. The van der Waals surface area contributed by atoms with E-state index in [0.29, 0.717) is 10.6 Å². The molecule has 0 radical (unpaired) electrons. The number of amides is 3. The van der Waals surface area contributed by atoms with Gasteiger partial charge in [-0.15, -0.1) is 0 Å². The first-order chi connectivity index (χ1) is 11.7. The van der Waals surface area contributed by atoms with E-state index in [1.54, 1.807) is 0 Å². The highest BCUT2D eigenvalue weighted by Gasteiger charge is 2.50. The summed E-state index contributed by atoms with van der Waals surface area (Å²) in [5.41, 5.74) is -0.847. The van der Waals surface area contributed by atoms with Crippen LogP contribution >= 0.6 is 23.2 Å². The third-order valence-corrected chi connectivity index (χ3v) is 4.53. The molecule has 0 aromatic heterocycles. The van der Waals surface area contributed by atoms with Gasteiger partial charge in [-0.05, 0) is 42.8 Å². The van der Waals surface area contributed by atoms with Crippen LogP contribution in [-0.4, -0.2) is 16.9 Å². The summed E-state index contributed by atoms with van der Waals surface area (Å²) in [6.45, 7) is 1.53. The molecule has 1 aliphatic heterocycles. The van der Waals surface area contributed by atoms with Crippen molar-refractivity contribution in [1.82, 2.24) is 5.32 Å². The molecule has 1 heterocycles. The molecule has 1 fully saturated rings. The first kappa shape index (κ1) is 17.2. The van der Waals surface area contributed by atoms with E-state index < -0.39 is 22.4 Å². The normalized spacial score (nSPS) is 19.9. The summed E-state index contributed by atoms with van der Waals surface area (Å²) in [5.74, 6) is -0.546. The maximum Gasteiger partial charge on any atom is 0.330 e. The summed E-state index contributed by atoms with van der Waals surface area (Å²) < 4.78 is 0. The molecule has 1 unspecified atom stereocenters. The van der Waals surface area contributed by atoms with Crippen LogP contribution in [0.4, 0.5) is 16.2 Å². The Hall–Kier alpha value is -2.64. The van der Waals surface area contributed by atoms with Gasteiger partial charge in [-0.3, -0.25) is 14.9 Å². The van der Waals surface area contributed by atoms with Crippen molar-refractivity contribution in [3.8, 4) is 0 Å². The molecule has 1 atom stereocenters. The van der Waals surface area contributed by atoms with Gasteiger partial charge in [0.15, 0.2) is 0 Å². The molecule has 0 saturated carbocycles. The number of nitro groups is 1. The number of carbonyl (C=O) groups excluding carboxylic acids is 2. The zero-order valence-electron chi connectivity index (χ0n) is 12.8. The quantitative estimate of drug-likeness (QED) is 0.497. The number of halogens is 2. The van der Waals surface area contributed by atoms with Crippen LogP contribution in [0.2, 0.25) is 10.0 Å². The minimum Gasteiger partial charge on any atom is -0.319 e. The van der Waals surface area contributed by atoms with Crippen molar-refractivity contribution >= 4 is 46.5 Å². The van der Waals surface area contributed by atoms with Gasteiger partial charge in [0.2, 0.25) is 0 Å². The molecule has 128 valence electrons. The van der Waals surface area contributed by atoms with E-state index in [1.807, 2.05) is 0 Å². The van der Waals surface area contributed by atoms with Crippen LogP contribution in [0.1, 0.15) is 12.5 Å². The highest BCUT2D eigenvalue weighted by molar-refractivity contribution is 6.38. The Morgan fingerprint density at radius 1 is 1.12 bits per heavy atom. The third-order valence-electron chi connectivity index (χ3n) is 4.00. The summed E-state index contributed by atoms with van der Waals surface area (Å²) in [6.07, 6.45) is 0. The number of benzene rings is 2. The molecule has 0 spiro atoms. The number of non-ortho nitro benzene ring substituents is 1. The van der Waals surface area contributed by atoms with Gasteiger partial charge in [0, 0.05) is 17.2 Å². The molecule has 9 heteroatoms. The SMILES string of the molecule is CC1(c2ccc([N+](=O)[O-])cc2)NC(=O)N(c2ccc(Cl)cc2Cl)C1=O. The number of nitrogens with one attached hydrogen (secondary N) is 1. The summed E-state index contributed by atoms with van der Waals surface area (Å²) in [5, 5.41) is 13.9. The van der Waals surface area contributed by atoms with Crippen LogP contribution in [-0.2, 0) is 10.3 Å². The summed E-state index contributed by atoms with van der Waals surface area (Å²) in [4.78, 5) is 36.4. The Balaban J connectivity index is 2.01. The van der Waals surface area contributed by atoms with Gasteiger partial charge < -0.3 is 5.32 Å². The van der Waals surface area contributed by atoms with E-state index in [0.717, 1.165) is 4.90 Å². The van der Waals surface area contributed by atoms with Crippen LogP contribution in [0, 0.1) is 10.1 Å². The molecule has 3 rings (SSSR count). The van der Waals surface area contributed by atoms with Crippen LogP contribution in [0.5, 0.6) is 0 Å². The van der Waals surface area contributed by atoms with E-state index in [9.17, 15) is 19.7 Å². The lowest BCUT2D eigenvalue weighted by molar-refractivity contribution is -0.384. The van der Waals surface area contributed by atoms with Crippen molar-refractivity contribution in [2.45, 2.75) is 12.5 Å². The maximum absolute atomic E-state index is 12.9. The zero-order chi connectivity index (χ0) is 18.4. The fourth-order valence-electron chi connectivity index (χ4n) is 2.63. The van der Waals surface area contributed by atoms with Crippen molar-refractivity contribution in [3.63, 3.8) is 0 Å². The molecule has 7 nitrogen and oxygen atoms in total. The molecule has 3 amide bonds. The fourth-order valence-corrected chi connectivity index (χ4v) is 3.13. The Morgan fingerprint density at radius 2 is 1.76 bits per heavy atom. The molecule has 1 saturated heterocycles. The largest absolute Gasteiger partial charge is 0.330 e. The minimum absolute atomic E-state index is 0.110. The Morgan fingerprint density at radius 3 is 2.32 bits per heavy atom. The Bertz CT molecular complexity index is 901. The molecule has 0 aliphatic carbocycles. The molecule has 1 aliphatic rings. The van der Waals surface area contributed by atoms with Crippen LogP contribution in [0.3, 0.4) is 0 Å². The molecule has 2 aromatic rings. The van der Waals surface area contributed by atoms with Gasteiger partial charge in [-0.1, -0.05) is 23.2 Å². The maximum atomic E-state index is 12.9. The van der Waals surface area contributed by atoms with Gasteiger partial charge in [-0.25, -0.2) is 9.69 Å². The number of imide groups is 1. The summed E-state index contributed by atoms with van der Waals surface area (Å²) >= 11 is 11.9. The van der Waals surface area contributed by atoms with Crippen LogP contribution < -0.4 is 10.2 Å². The lowest BCUT2D eigenvalue weighted by atomic mass is 9.92.